The molecule has 0 radical (unpaired) electrons. The summed E-state index contributed by atoms with van der Waals surface area (Å²) in [5, 5.41) is 8.79. The van der Waals surface area contributed by atoms with Crippen molar-refractivity contribution in [3.8, 4) is 0 Å². The van der Waals surface area contributed by atoms with E-state index in [1.807, 2.05) is 33.5 Å². The average Bonchev–Trinajstić information content (AvgIpc) is 3.34. The second-order valence-corrected chi connectivity index (χ2v) is 8.40. The number of nitrogens with one attached hydrogen (secondary N) is 1. The number of imidazole rings is 1. The quantitative estimate of drug-likeness (QED) is 0.736. The van der Waals surface area contributed by atoms with Gasteiger partial charge in [-0.05, 0) is 32.8 Å². The Hall–Kier alpha value is -2.74. The van der Waals surface area contributed by atoms with Crippen molar-refractivity contribution in [2.75, 3.05) is 19.6 Å². The molecule has 1 saturated carbocycles. The van der Waals surface area contributed by atoms with Crippen molar-refractivity contribution in [1.29, 1.82) is 0 Å². The number of carbonyl (C=O) groups is 1. The van der Waals surface area contributed by atoms with E-state index in [1.165, 1.54) is 0 Å². The molecule has 1 unspecified atom stereocenters. The van der Waals surface area contributed by atoms with Crippen LogP contribution in [-0.4, -0.2) is 54.8 Å². The summed E-state index contributed by atoms with van der Waals surface area (Å²) in [4.78, 5) is 25.2. The summed E-state index contributed by atoms with van der Waals surface area (Å²) in [5.41, 5.74) is 2.55. The minimum Gasteiger partial charge on any atom is -0.336 e. The molecule has 29 heavy (non-hydrogen) atoms. The number of aromatic nitrogens is 5. The summed E-state index contributed by atoms with van der Waals surface area (Å²) in [6.07, 6.45) is 7.80. The summed E-state index contributed by atoms with van der Waals surface area (Å²) in [6.45, 7) is 6.31. The first kappa shape index (κ1) is 18.3. The SMILES string of the molecule is CC(C)n1ncc2c(C(=O)N3CCNCC3c3nccn3C)cc(C3CC3)nc21. The van der Waals surface area contributed by atoms with Gasteiger partial charge in [-0.25, -0.2) is 14.6 Å². The van der Waals surface area contributed by atoms with E-state index < -0.39 is 0 Å². The second-order valence-electron chi connectivity index (χ2n) is 8.40. The zero-order valence-electron chi connectivity index (χ0n) is 17.2. The Bertz CT molecular complexity index is 1060. The highest BCUT2D eigenvalue weighted by Gasteiger charge is 2.34. The third kappa shape index (κ3) is 3.11. The van der Waals surface area contributed by atoms with Gasteiger partial charge in [0, 0.05) is 56.7 Å². The standard InChI is InChI=1S/C21H27N7O/c1-13(2)28-19-16(11-24-28)15(10-17(25-19)14-4-5-14)21(29)27-9-6-22-12-18(27)20-23-7-8-26(20)3/h7-8,10-11,13-14,18,22H,4-6,9,12H2,1-3H3. The molecule has 0 bridgehead atoms. The van der Waals surface area contributed by atoms with Crippen LogP contribution >= 0.6 is 0 Å². The van der Waals surface area contributed by atoms with Crippen molar-refractivity contribution in [2.45, 2.75) is 44.7 Å². The Balaban J connectivity index is 1.60. The predicted octanol–water partition coefficient (Wildman–Crippen LogP) is 2.41. The van der Waals surface area contributed by atoms with Crippen LogP contribution in [0.4, 0.5) is 0 Å². The van der Waals surface area contributed by atoms with Crippen molar-refractivity contribution in [1.82, 2.24) is 34.5 Å². The number of rotatable bonds is 4. The van der Waals surface area contributed by atoms with Crippen LogP contribution < -0.4 is 5.32 Å². The second kappa shape index (κ2) is 6.95. The number of piperazine rings is 1. The Morgan fingerprint density at radius 1 is 1.31 bits per heavy atom. The van der Waals surface area contributed by atoms with E-state index in [4.69, 9.17) is 4.98 Å². The van der Waals surface area contributed by atoms with Crippen LogP contribution in [0.1, 0.15) is 66.6 Å². The predicted molar refractivity (Wildman–Crippen MR) is 110 cm³/mol. The number of nitrogens with zero attached hydrogens (tertiary/aromatic N) is 6. The lowest BCUT2D eigenvalue weighted by molar-refractivity contribution is 0.0622. The summed E-state index contributed by atoms with van der Waals surface area (Å²) in [6, 6.07) is 2.10. The van der Waals surface area contributed by atoms with Crippen molar-refractivity contribution in [3.05, 3.63) is 41.7 Å². The molecule has 1 N–H and O–H groups in total. The van der Waals surface area contributed by atoms with Gasteiger partial charge >= 0.3 is 0 Å². The molecule has 1 amide bonds. The smallest absolute Gasteiger partial charge is 0.255 e. The Labute approximate surface area is 169 Å². The number of fused-ring (bicyclic) bond motifs is 1. The molecule has 1 aliphatic heterocycles. The summed E-state index contributed by atoms with van der Waals surface area (Å²) in [7, 11) is 1.97. The van der Waals surface area contributed by atoms with Crippen molar-refractivity contribution >= 4 is 16.9 Å². The van der Waals surface area contributed by atoms with Gasteiger partial charge in [-0.3, -0.25) is 4.79 Å². The van der Waals surface area contributed by atoms with Crippen LogP contribution in [0.2, 0.25) is 0 Å². The first-order chi connectivity index (χ1) is 14.0. The maximum absolute atomic E-state index is 13.8. The highest BCUT2D eigenvalue weighted by atomic mass is 16.2. The molecule has 152 valence electrons. The molecule has 3 aromatic rings. The molecule has 5 rings (SSSR count). The van der Waals surface area contributed by atoms with Crippen LogP contribution in [0.25, 0.3) is 11.0 Å². The van der Waals surface area contributed by atoms with Crippen LogP contribution in [0.15, 0.2) is 24.7 Å². The fourth-order valence-electron chi connectivity index (χ4n) is 4.21. The van der Waals surface area contributed by atoms with E-state index in [-0.39, 0.29) is 18.0 Å². The highest BCUT2D eigenvalue weighted by Crippen LogP contribution is 2.40. The van der Waals surface area contributed by atoms with E-state index in [0.717, 1.165) is 41.9 Å². The minimum atomic E-state index is -0.0935. The summed E-state index contributed by atoms with van der Waals surface area (Å²) < 4.78 is 3.92. The van der Waals surface area contributed by atoms with E-state index in [2.05, 4.69) is 29.2 Å². The number of carbonyl (C=O) groups excluding carboxylic acids is 1. The molecule has 8 heteroatoms. The first-order valence-electron chi connectivity index (χ1n) is 10.4. The molecule has 1 atom stereocenters. The van der Waals surface area contributed by atoms with Crippen molar-refractivity contribution in [2.24, 2.45) is 7.05 Å². The van der Waals surface area contributed by atoms with Gasteiger partial charge in [0.2, 0.25) is 0 Å². The molecule has 3 aromatic heterocycles. The van der Waals surface area contributed by atoms with Crippen LogP contribution in [0.3, 0.4) is 0 Å². The Morgan fingerprint density at radius 3 is 2.83 bits per heavy atom. The third-order valence-electron chi connectivity index (χ3n) is 5.96. The molecular formula is C21H27N7O. The number of aryl methyl sites for hydroxylation is 1. The normalized spacial score (nSPS) is 20.0. The lowest BCUT2D eigenvalue weighted by Gasteiger charge is -2.36. The molecule has 1 aliphatic carbocycles. The number of pyridine rings is 1. The zero-order chi connectivity index (χ0) is 20.1. The first-order valence-corrected chi connectivity index (χ1v) is 10.4. The monoisotopic (exact) mass is 393 g/mol. The molecular weight excluding hydrogens is 366 g/mol. The molecule has 8 nitrogen and oxygen atoms in total. The summed E-state index contributed by atoms with van der Waals surface area (Å²) >= 11 is 0. The van der Waals surface area contributed by atoms with E-state index in [9.17, 15) is 4.79 Å². The summed E-state index contributed by atoms with van der Waals surface area (Å²) in [5.74, 6) is 1.41. The van der Waals surface area contributed by atoms with E-state index in [1.54, 1.807) is 12.4 Å². The largest absolute Gasteiger partial charge is 0.336 e. The van der Waals surface area contributed by atoms with Gasteiger partial charge in [-0.2, -0.15) is 5.10 Å². The zero-order valence-corrected chi connectivity index (χ0v) is 17.2. The van der Waals surface area contributed by atoms with Crippen LogP contribution in [0.5, 0.6) is 0 Å². The minimum absolute atomic E-state index is 0.0390. The van der Waals surface area contributed by atoms with Crippen LogP contribution in [-0.2, 0) is 7.05 Å². The Morgan fingerprint density at radius 2 is 2.14 bits per heavy atom. The number of amides is 1. The topological polar surface area (TPSA) is 80.9 Å². The van der Waals surface area contributed by atoms with Crippen LogP contribution in [0, 0.1) is 0 Å². The lowest BCUT2D eigenvalue weighted by atomic mass is 10.1. The van der Waals surface area contributed by atoms with Crippen molar-refractivity contribution in [3.63, 3.8) is 0 Å². The van der Waals surface area contributed by atoms with E-state index in [0.29, 0.717) is 24.6 Å². The highest BCUT2D eigenvalue weighted by molar-refractivity contribution is 6.05. The van der Waals surface area contributed by atoms with Gasteiger partial charge < -0.3 is 14.8 Å². The lowest BCUT2D eigenvalue weighted by Crippen LogP contribution is -2.49. The molecule has 0 aromatic carbocycles. The number of hydrogen-bond acceptors (Lipinski definition) is 5. The average molecular weight is 393 g/mol. The van der Waals surface area contributed by atoms with Gasteiger partial charge in [0.25, 0.3) is 5.91 Å². The van der Waals surface area contributed by atoms with Gasteiger partial charge in [0.15, 0.2) is 5.65 Å². The molecule has 0 spiro atoms. The van der Waals surface area contributed by atoms with Gasteiger partial charge in [0.1, 0.15) is 11.9 Å². The van der Waals surface area contributed by atoms with Crippen molar-refractivity contribution < 1.29 is 4.79 Å². The Kier molecular flexibility index (Phi) is 4.38. The third-order valence-corrected chi connectivity index (χ3v) is 5.96. The molecule has 4 heterocycles. The molecule has 1 saturated heterocycles. The fourth-order valence-corrected chi connectivity index (χ4v) is 4.21. The fraction of sp³-hybridized carbons (Fsp3) is 0.524. The van der Waals surface area contributed by atoms with Gasteiger partial charge in [-0.15, -0.1) is 0 Å². The number of hydrogen-bond donors (Lipinski definition) is 1. The maximum atomic E-state index is 13.8. The van der Waals surface area contributed by atoms with Gasteiger partial charge in [0.05, 0.1) is 17.1 Å². The molecule has 2 fully saturated rings. The van der Waals surface area contributed by atoms with E-state index >= 15 is 0 Å². The molecule has 2 aliphatic rings. The van der Waals surface area contributed by atoms with Gasteiger partial charge in [-0.1, -0.05) is 0 Å². The maximum Gasteiger partial charge on any atom is 0.255 e.